The van der Waals surface area contributed by atoms with E-state index in [-0.39, 0.29) is 11.3 Å². The molecule has 0 aliphatic carbocycles. The molecule has 1 rings (SSSR count). The summed E-state index contributed by atoms with van der Waals surface area (Å²) in [6.45, 7) is -1.40. The molecule has 94 valence electrons. The Morgan fingerprint density at radius 3 is 2.41 bits per heavy atom. The monoisotopic (exact) mass is 250 g/mol. The molecule has 0 fully saturated rings. The summed E-state index contributed by atoms with van der Waals surface area (Å²) in [5.41, 5.74) is 5.06. The van der Waals surface area contributed by atoms with Crippen LogP contribution in [0, 0.1) is 5.82 Å². The number of carbonyl (C=O) groups is 1. The number of nitrogens with zero attached hydrogens (tertiary/aromatic N) is 1. The van der Waals surface area contributed by atoms with E-state index in [1.807, 2.05) is 0 Å². The molecule has 17 heavy (non-hydrogen) atoms. The number of hydrogen-bond donors (Lipinski definition) is 1. The summed E-state index contributed by atoms with van der Waals surface area (Å²) in [6, 6.07) is 2.93. The molecule has 1 aromatic carbocycles. The molecule has 7 heteroatoms. The maximum absolute atomic E-state index is 12.9. The van der Waals surface area contributed by atoms with Gasteiger partial charge in [-0.15, -0.1) is 0 Å². The summed E-state index contributed by atoms with van der Waals surface area (Å²) >= 11 is 0. The summed E-state index contributed by atoms with van der Waals surface area (Å²) in [4.78, 5) is 12.0. The molecule has 2 N–H and O–H groups in total. The average Bonchev–Trinajstić information content (AvgIpc) is 2.12. The van der Waals surface area contributed by atoms with Crippen LogP contribution in [0.15, 0.2) is 18.2 Å². The highest BCUT2D eigenvalue weighted by Crippen LogP contribution is 2.18. The van der Waals surface area contributed by atoms with Gasteiger partial charge in [0.2, 0.25) is 0 Å². The Bertz CT molecular complexity index is 411. The highest BCUT2D eigenvalue weighted by atomic mass is 19.4. The number of benzene rings is 1. The zero-order chi connectivity index (χ0) is 13.2. The minimum atomic E-state index is -4.50. The highest BCUT2D eigenvalue weighted by Gasteiger charge is 2.31. The van der Waals surface area contributed by atoms with Crippen LogP contribution in [-0.2, 0) is 0 Å². The van der Waals surface area contributed by atoms with Crippen LogP contribution >= 0.6 is 0 Å². The Morgan fingerprint density at radius 1 is 1.35 bits per heavy atom. The summed E-state index contributed by atoms with van der Waals surface area (Å²) < 4.78 is 49.1. The van der Waals surface area contributed by atoms with E-state index in [2.05, 4.69) is 0 Å². The Morgan fingerprint density at radius 2 is 1.94 bits per heavy atom. The predicted octanol–water partition coefficient (Wildman–Crippen LogP) is 2.04. The smallest absolute Gasteiger partial charge is 0.399 e. The number of carbonyl (C=O) groups excluding carboxylic acids is 1. The number of alkyl halides is 3. The van der Waals surface area contributed by atoms with Crippen molar-refractivity contribution in [2.24, 2.45) is 0 Å². The first-order valence-corrected chi connectivity index (χ1v) is 4.57. The van der Waals surface area contributed by atoms with Crippen molar-refractivity contribution in [2.45, 2.75) is 6.18 Å². The van der Waals surface area contributed by atoms with Crippen LogP contribution < -0.4 is 5.73 Å². The largest absolute Gasteiger partial charge is 0.406 e. The highest BCUT2D eigenvalue weighted by molar-refractivity contribution is 5.94. The van der Waals surface area contributed by atoms with Crippen LogP contribution in [0.25, 0.3) is 0 Å². The molecule has 0 aliphatic heterocycles. The molecule has 0 atom stereocenters. The van der Waals surface area contributed by atoms with E-state index in [0.717, 1.165) is 25.2 Å². The Hall–Kier alpha value is -1.79. The van der Waals surface area contributed by atoms with Gasteiger partial charge in [0, 0.05) is 18.3 Å². The summed E-state index contributed by atoms with van der Waals surface area (Å²) in [6.07, 6.45) is -4.50. The third-order valence-electron chi connectivity index (χ3n) is 1.93. The lowest BCUT2D eigenvalue weighted by molar-refractivity contribution is -0.138. The first-order chi connectivity index (χ1) is 7.69. The summed E-state index contributed by atoms with van der Waals surface area (Å²) in [5.74, 6) is -1.71. The summed E-state index contributed by atoms with van der Waals surface area (Å²) in [5, 5.41) is 0. The molecule has 0 aromatic heterocycles. The first-order valence-electron chi connectivity index (χ1n) is 4.57. The van der Waals surface area contributed by atoms with Gasteiger partial charge in [-0.3, -0.25) is 4.79 Å². The molecule has 0 radical (unpaired) electrons. The van der Waals surface area contributed by atoms with E-state index in [4.69, 9.17) is 5.73 Å². The van der Waals surface area contributed by atoms with Gasteiger partial charge in [0.15, 0.2) is 0 Å². The lowest BCUT2D eigenvalue weighted by Gasteiger charge is -2.19. The second kappa shape index (κ2) is 4.60. The SMILES string of the molecule is CN(CC(F)(F)F)C(=O)c1cc(N)cc(F)c1. The van der Waals surface area contributed by atoms with Crippen LogP contribution in [0.3, 0.4) is 0 Å². The zero-order valence-corrected chi connectivity index (χ0v) is 8.88. The molecule has 0 unspecified atom stereocenters. The van der Waals surface area contributed by atoms with Crippen LogP contribution in [0.1, 0.15) is 10.4 Å². The Kier molecular flexibility index (Phi) is 3.59. The van der Waals surface area contributed by atoms with E-state index >= 15 is 0 Å². The quantitative estimate of drug-likeness (QED) is 0.645. The van der Waals surface area contributed by atoms with Gasteiger partial charge in [-0.05, 0) is 18.2 Å². The minimum Gasteiger partial charge on any atom is -0.399 e. The van der Waals surface area contributed by atoms with Gasteiger partial charge in [-0.25, -0.2) is 4.39 Å². The van der Waals surface area contributed by atoms with Crippen LogP contribution in [-0.4, -0.2) is 30.6 Å². The average molecular weight is 250 g/mol. The molecule has 1 aromatic rings. The molecule has 1 amide bonds. The standard InChI is InChI=1S/C10H10F4N2O/c1-16(5-10(12,13)14)9(17)6-2-7(11)4-8(15)3-6/h2-4H,5,15H2,1H3. The van der Waals surface area contributed by atoms with Gasteiger partial charge in [-0.1, -0.05) is 0 Å². The lowest BCUT2D eigenvalue weighted by atomic mass is 10.1. The molecular weight excluding hydrogens is 240 g/mol. The number of amides is 1. The van der Waals surface area contributed by atoms with E-state index in [0.29, 0.717) is 4.90 Å². The topological polar surface area (TPSA) is 46.3 Å². The number of hydrogen-bond acceptors (Lipinski definition) is 2. The lowest BCUT2D eigenvalue weighted by Crippen LogP contribution is -2.35. The second-order valence-corrected chi connectivity index (χ2v) is 3.55. The zero-order valence-electron chi connectivity index (χ0n) is 8.88. The number of halogens is 4. The number of nitrogen functional groups attached to an aromatic ring is 1. The number of anilines is 1. The van der Waals surface area contributed by atoms with Crippen LogP contribution in [0.2, 0.25) is 0 Å². The van der Waals surface area contributed by atoms with Crippen LogP contribution in [0.4, 0.5) is 23.2 Å². The normalized spacial score (nSPS) is 11.4. The minimum absolute atomic E-state index is 0.0197. The maximum atomic E-state index is 12.9. The molecule has 0 saturated heterocycles. The van der Waals surface area contributed by atoms with E-state index in [9.17, 15) is 22.4 Å². The van der Waals surface area contributed by atoms with Gasteiger partial charge in [0.1, 0.15) is 12.4 Å². The van der Waals surface area contributed by atoms with E-state index < -0.39 is 24.4 Å². The predicted molar refractivity (Wildman–Crippen MR) is 53.8 cm³/mol. The molecule has 0 bridgehead atoms. The molecular formula is C10H10F4N2O. The summed E-state index contributed by atoms with van der Waals surface area (Å²) in [7, 11) is 0.983. The Labute approximate surface area is 94.8 Å². The Balaban J connectivity index is 2.89. The van der Waals surface area contributed by atoms with Gasteiger partial charge in [-0.2, -0.15) is 13.2 Å². The van der Waals surface area contributed by atoms with Gasteiger partial charge in [0.25, 0.3) is 5.91 Å². The van der Waals surface area contributed by atoms with Crippen molar-refractivity contribution in [3.8, 4) is 0 Å². The van der Waals surface area contributed by atoms with Crippen molar-refractivity contribution in [1.29, 1.82) is 0 Å². The van der Waals surface area contributed by atoms with Gasteiger partial charge in [0.05, 0.1) is 0 Å². The van der Waals surface area contributed by atoms with Crippen molar-refractivity contribution in [1.82, 2.24) is 4.90 Å². The number of nitrogens with two attached hydrogens (primary N) is 1. The van der Waals surface area contributed by atoms with E-state index in [1.165, 1.54) is 0 Å². The fraction of sp³-hybridized carbons (Fsp3) is 0.300. The molecule has 0 heterocycles. The fourth-order valence-electron chi connectivity index (χ4n) is 1.30. The second-order valence-electron chi connectivity index (χ2n) is 3.55. The fourth-order valence-corrected chi connectivity index (χ4v) is 1.30. The van der Waals surface area contributed by atoms with Crippen molar-refractivity contribution in [2.75, 3.05) is 19.3 Å². The van der Waals surface area contributed by atoms with E-state index in [1.54, 1.807) is 0 Å². The molecule has 0 saturated carbocycles. The maximum Gasteiger partial charge on any atom is 0.406 e. The molecule has 3 nitrogen and oxygen atoms in total. The third kappa shape index (κ3) is 3.93. The number of rotatable bonds is 2. The van der Waals surface area contributed by atoms with Crippen molar-refractivity contribution in [3.63, 3.8) is 0 Å². The van der Waals surface area contributed by atoms with Gasteiger partial charge >= 0.3 is 6.18 Å². The molecule has 0 aliphatic rings. The third-order valence-corrected chi connectivity index (χ3v) is 1.93. The van der Waals surface area contributed by atoms with Crippen molar-refractivity contribution in [3.05, 3.63) is 29.6 Å². The van der Waals surface area contributed by atoms with Crippen molar-refractivity contribution >= 4 is 11.6 Å². The first kappa shape index (κ1) is 13.3. The van der Waals surface area contributed by atoms with Crippen molar-refractivity contribution < 1.29 is 22.4 Å². The van der Waals surface area contributed by atoms with Crippen LogP contribution in [0.5, 0.6) is 0 Å². The van der Waals surface area contributed by atoms with Gasteiger partial charge < -0.3 is 10.6 Å². The molecule has 0 spiro atoms.